The molecule has 1 aromatic carbocycles. The summed E-state index contributed by atoms with van der Waals surface area (Å²) < 4.78 is 4.85. The van der Waals surface area contributed by atoms with Crippen LogP contribution in [0.5, 0.6) is 0 Å². The van der Waals surface area contributed by atoms with E-state index in [1.165, 1.54) is 11.0 Å². The summed E-state index contributed by atoms with van der Waals surface area (Å²) in [6.07, 6.45) is 6.73. The Labute approximate surface area is 111 Å². The Morgan fingerprint density at radius 3 is 3.11 bits per heavy atom. The summed E-state index contributed by atoms with van der Waals surface area (Å²) in [7, 11) is 0. The Kier molecular flexibility index (Phi) is 3.94. The minimum atomic E-state index is -0.467. The normalized spacial score (nSPS) is 9.89. The monoisotopic (exact) mass is 255 g/mol. The summed E-state index contributed by atoms with van der Waals surface area (Å²) in [5.41, 5.74) is 1.98. The lowest BCUT2D eigenvalue weighted by Crippen LogP contribution is -2.08. The number of aromatic nitrogens is 3. The molecule has 0 aliphatic heterocycles. The third kappa shape index (κ3) is 3.19. The van der Waals surface area contributed by atoms with Gasteiger partial charge in [-0.05, 0) is 24.6 Å². The third-order valence-corrected chi connectivity index (χ3v) is 2.44. The molecule has 0 saturated carbocycles. The van der Waals surface area contributed by atoms with Crippen molar-refractivity contribution in [1.82, 2.24) is 15.0 Å². The number of hydrogen-bond donors (Lipinski definition) is 0. The first kappa shape index (κ1) is 12.8. The Morgan fingerprint density at radius 1 is 1.53 bits per heavy atom. The van der Waals surface area contributed by atoms with E-state index in [2.05, 4.69) is 16.1 Å². The predicted molar refractivity (Wildman–Crippen MR) is 69.5 cm³/mol. The van der Waals surface area contributed by atoms with Crippen LogP contribution >= 0.6 is 0 Å². The van der Waals surface area contributed by atoms with Crippen LogP contribution in [0.2, 0.25) is 0 Å². The fraction of sp³-hybridized carbons (Fsp3) is 0.214. The first-order valence-electron chi connectivity index (χ1n) is 5.85. The van der Waals surface area contributed by atoms with Crippen LogP contribution in [-0.2, 0) is 11.3 Å². The molecule has 5 nitrogen and oxygen atoms in total. The molecule has 0 amide bonds. The first-order valence-corrected chi connectivity index (χ1v) is 5.85. The van der Waals surface area contributed by atoms with Crippen molar-refractivity contribution in [1.29, 1.82) is 0 Å². The van der Waals surface area contributed by atoms with Crippen molar-refractivity contribution >= 4 is 5.97 Å². The zero-order chi connectivity index (χ0) is 13.7. The highest BCUT2D eigenvalue weighted by Crippen LogP contribution is 2.06. The van der Waals surface area contributed by atoms with Crippen LogP contribution < -0.4 is 0 Å². The number of terminal acetylenes is 1. The molecule has 0 N–H and O–H groups in total. The van der Waals surface area contributed by atoms with Gasteiger partial charge in [-0.2, -0.15) is 9.90 Å². The van der Waals surface area contributed by atoms with Gasteiger partial charge in [-0.25, -0.2) is 4.79 Å². The Morgan fingerprint density at radius 2 is 2.37 bits per heavy atom. The number of hydrogen-bond acceptors (Lipinski definition) is 4. The molecule has 1 heterocycles. The highest BCUT2D eigenvalue weighted by Gasteiger charge is 2.11. The predicted octanol–water partition coefficient (Wildman–Crippen LogP) is 1.48. The van der Waals surface area contributed by atoms with Gasteiger partial charge in [0.1, 0.15) is 0 Å². The average molecular weight is 255 g/mol. The topological polar surface area (TPSA) is 57.0 Å². The van der Waals surface area contributed by atoms with Crippen LogP contribution in [0.25, 0.3) is 0 Å². The summed E-state index contributed by atoms with van der Waals surface area (Å²) in [6, 6.07) is 7.53. The van der Waals surface area contributed by atoms with Crippen LogP contribution in [0, 0.1) is 12.3 Å². The summed E-state index contributed by atoms with van der Waals surface area (Å²) in [5, 5.41) is 8.08. The second-order valence-electron chi connectivity index (χ2n) is 3.83. The standard InChI is InChI=1S/C14H13N3O2/c1-3-11-6-5-7-12(8-11)10-17-15-9-13(16-17)14(18)19-4-2/h1,5-9H,4,10H2,2H3. The Bertz CT molecular complexity index is 626. The van der Waals surface area contributed by atoms with Gasteiger partial charge in [0, 0.05) is 5.56 Å². The molecule has 0 saturated heterocycles. The second-order valence-corrected chi connectivity index (χ2v) is 3.83. The van der Waals surface area contributed by atoms with Gasteiger partial charge >= 0.3 is 5.97 Å². The second kappa shape index (κ2) is 5.83. The van der Waals surface area contributed by atoms with Gasteiger partial charge in [0.05, 0.1) is 19.3 Å². The molecule has 0 spiro atoms. The van der Waals surface area contributed by atoms with E-state index >= 15 is 0 Å². The van der Waals surface area contributed by atoms with Crippen LogP contribution in [0.1, 0.15) is 28.5 Å². The van der Waals surface area contributed by atoms with Crippen LogP contribution in [0.4, 0.5) is 0 Å². The number of carbonyl (C=O) groups excluding carboxylic acids is 1. The third-order valence-electron chi connectivity index (χ3n) is 2.44. The van der Waals surface area contributed by atoms with E-state index < -0.39 is 5.97 Å². The summed E-state index contributed by atoms with van der Waals surface area (Å²) >= 11 is 0. The Balaban J connectivity index is 2.11. The van der Waals surface area contributed by atoms with E-state index in [-0.39, 0.29) is 5.69 Å². The van der Waals surface area contributed by atoms with Gasteiger partial charge in [-0.3, -0.25) is 0 Å². The molecule has 0 unspecified atom stereocenters. The molecule has 96 valence electrons. The molecular formula is C14H13N3O2. The number of nitrogens with zero attached hydrogens (tertiary/aromatic N) is 3. The van der Waals surface area contributed by atoms with E-state index in [1.807, 2.05) is 24.3 Å². The summed E-state index contributed by atoms with van der Waals surface area (Å²) in [6.45, 7) is 2.51. The van der Waals surface area contributed by atoms with Crippen molar-refractivity contribution in [2.24, 2.45) is 0 Å². The van der Waals surface area contributed by atoms with E-state index in [9.17, 15) is 4.79 Å². The molecule has 19 heavy (non-hydrogen) atoms. The molecule has 0 atom stereocenters. The van der Waals surface area contributed by atoms with Gasteiger partial charge in [0.25, 0.3) is 0 Å². The molecule has 1 aromatic heterocycles. The number of carbonyl (C=O) groups is 1. The Hall–Kier alpha value is -2.61. The van der Waals surface area contributed by atoms with Gasteiger partial charge < -0.3 is 4.74 Å². The molecule has 0 aliphatic carbocycles. The van der Waals surface area contributed by atoms with Crippen molar-refractivity contribution in [2.45, 2.75) is 13.5 Å². The maximum atomic E-state index is 11.4. The summed E-state index contributed by atoms with van der Waals surface area (Å²) in [4.78, 5) is 12.9. The average Bonchev–Trinajstić information content (AvgIpc) is 2.88. The largest absolute Gasteiger partial charge is 0.461 e. The molecule has 2 rings (SSSR count). The molecule has 0 radical (unpaired) electrons. The maximum absolute atomic E-state index is 11.4. The molecule has 5 heteroatoms. The zero-order valence-corrected chi connectivity index (χ0v) is 10.5. The first-order chi connectivity index (χ1) is 9.22. The lowest BCUT2D eigenvalue weighted by Gasteiger charge is -2.01. The highest BCUT2D eigenvalue weighted by atomic mass is 16.5. The SMILES string of the molecule is C#Cc1cccc(Cn2ncc(C(=O)OCC)n2)c1. The zero-order valence-electron chi connectivity index (χ0n) is 10.5. The van der Waals surface area contributed by atoms with Crippen molar-refractivity contribution < 1.29 is 9.53 Å². The van der Waals surface area contributed by atoms with Crippen molar-refractivity contribution in [3.05, 3.63) is 47.3 Å². The van der Waals surface area contributed by atoms with Crippen LogP contribution in [0.15, 0.2) is 30.5 Å². The minimum absolute atomic E-state index is 0.204. The lowest BCUT2D eigenvalue weighted by molar-refractivity contribution is 0.0518. The number of rotatable bonds is 4. The van der Waals surface area contributed by atoms with E-state index in [4.69, 9.17) is 11.2 Å². The van der Waals surface area contributed by atoms with Gasteiger partial charge in [-0.15, -0.1) is 11.5 Å². The quantitative estimate of drug-likeness (QED) is 0.613. The lowest BCUT2D eigenvalue weighted by atomic mass is 10.1. The van der Waals surface area contributed by atoms with Crippen molar-refractivity contribution in [3.8, 4) is 12.3 Å². The van der Waals surface area contributed by atoms with Crippen LogP contribution in [0.3, 0.4) is 0 Å². The van der Waals surface area contributed by atoms with E-state index in [0.29, 0.717) is 13.2 Å². The van der Waals surface area contributed by atoms with Crippen molar-refractivity contribution in [3.63, 3.8) is 0 Å². The number of ether oxygens (including phenoxy) is 1. The minimum Gasteiger partial charge on any atom is -0.461 e. The maximum Gasteiger partial charge on any atom is 0.360 e. The smallest absolute Gasteiger partial charge is 0.360 e. The molecular weight excluding hydrogens is 242 g/mol. The number of benzene rings is 1. The summed E-state index contributed by atoms with van der Waals surface area (Å²) in [5.74, 6) is 2.10. The molecule has 0 fully saturated rings. The van der Waals surface area contributed by atoms with E-state index in [1.54, 1.807) is 6.92 Å². The molecule has 2 aromatic rings. The number of esters is 1. The fourth-order valence-electron chi connectivity index (χ4n) is 1.59. The highest BCUT2D eigenvalue weighted by molar-refractivity contribution is 5.86. The van der Waals surface area contributed by atoms with Crippen LogP contribution in [-0.4, -0.2) is 27.6 Å². The van der Waals surface area contributed by atoms with E-state index in [0.717, 1.165) is 11.1 Å². The van der Waals surface area contributed by atoms with Gasteiger partial charge in [0.15, 0.2) is 5.69 Å². The van der Waals surface area contributed by atoms with Gasteiger partial charge in [0.2, 0.25) is 0 Å². The fourth-order valence-corrected chi connectivity index (χ4v) is 1.59. The van der Waals surface area contributed by atoms with Gasteiger partial charge in [-0.1, -0.05) is 18.1 Å². The van der Waals surface area contributed by atoms with Crippen molar-refractivity contribution in [2.75, 3.05) is 6.61 Å². The molecule has 0 bridgehead atoms. The molecule has 0 aliphatic rings.